The SMILES string of the molecule is C=CCNC(=O)N1CCOC(COc2cccc3ccccc23)C1. The van der Waals surface area contributed by atoms with Crippen LogP contribution in [-0.2, 0) is 4.74 Å². The Hall–Kier alpha value is -2.53. The van der Waals surface area contributed by atoms with Gasteiger partial charge in [-0.3, -0.25) is 0 Å². The zero-order chi connectivity index (χ0) is 16.8. The fourth-order valence-corrected chi connectivity index (χ4v) is 2.78. The molecule has 5 heteroatoms. The number of fused-ring (bicyclic) bond motifs is 1. The topological polar surface area (TPSA) is 50.8 Å². The molecule has 1 N–H and O–H groups in total. The summed E-state index contributed by atoms with van der Waals surface area (Å²) in [5.41, 5.74) is 0. The molecular formula is C19H22N2O3. The monoisotopic (exact) mass is 326 g/mol. The van der Waals surface area contributed by atoms with Crippen molar-refractivity contribution in [2.75, 3.05) is 32.8 Å². The lowest BCUT2D eigenvalue weighted by atomic mass is 10.1. The van der Waals surface area contributed by atoms with E-state index in [0.29, 0.717) is 32.8 Å². The highest BCUT2D eigenvalue weighted by molar-refractivity contribution is 5.88. The molecule has 0 bridgehead atoms. The van der Waals surface area contributed by atoms with Crippen LogP contribution in [0.15, 0.2) is 55.1 Å². The number of nitrogens with one attached hydrogen (secondary N) is 1. The van der Waals surface area contributed by atoms with E-state index in [0.717, 1.165) is 16.5 Å². The standard InChI is InChI=1S/C19H22N2O3/c1-2-10-20-19(22)21-11-12-23-16(13-21)14-24-18-9-5-7-15-6-3-4-8-17(15)18/h2-9,16H,1,10-14H2,(H,20,22). The van der Waals surface area contributed by atoms with Crippen LogP contribution in [0, 0.1) is 0 Å². The summed E-state index contributed by atoms with van der Waals surface area (Å²) < 4.78 is 11.7. The summed E-state index contributed by atoms with van der Waals surface area (Å²) in [5, 5.41) is 5.02. The molecule has 2 amide bonds. The number of carbonyl (C=O) groups excluding carboxylic acids is 1. The zero-order valence-electron chi connectivity index (χ0n) is 13.6. The Balaban J connectivity index is 1.59. The van der Waals surface area contributed by atoms with Crippen molar-refractivity contribution in [3.8, 4) is 5.75 Å². The van der Waals surface area contributed by atoms with Crippen molar-refractivity contribution < 1.29 is 14.3 Å². The average Bonchev–Trinajstić information content (AvgIpc) is 2.64. The Morgan fingerprint density at radius 1 is 1.33 bits per heavy atom. The van der Waals surface area contributed by atoms with Gasteiger partial charge in [0.05, 0.1) is 13.2 Å². The number of amides is 2. The summed E-state index contributed by atoms with van der Waals surface area (Å²) in [6, 6.07) is 14.0. The van der Waals surface area contributed by atoms with Gasteiger partial charge in [-0.05, 0) is 11.5 Å². The van der Waals surface area contributed by atoms with E-state index in [2.05, 4.69) is 24.0 Å². The van der Waals surface area contributed by atoms with Crippen LogP contribution in [0.25, 0.3) is 10.8 Å². The van der Waals surface area contributed by atoms with Crippen molar-refractivity contribution in [1.82, 2.24) is 10.2 Å². The van der Waals surface area contributed by atoms with Gasteiger partial charge >= 0.3 is 6.03 Å². The fourth-order valence-electron chi connectivity index (χ4n) is 2.78. The molecule has 1 fully saturated rings. The van der Waals surface area contributed by atoms with E-state index < -0.39 is 0 Å². The van der Waals surface area contributed by atoms with Gasteiger partial charge in [-0.25, -0.2) is 4.79 Å². The first-order valence-electron chi connectivity index (χ1n) is 8.14. The van der Waals surface area contributed by atoms with Gasteiger partial charge in [-0.2, -0.15) is 0 Å². The molecule has 5 nitrogen and oxygen atoms in total. The molecular weight excluding hydrogens is 304 g/mol. The summed E-state index contributed by atoms with van der Waals surface area (Å²) in [7, 11) is 0. The van der Waals surface area contributed by atoms with Crippen molar-refractivity contribution in [1.29, 1.82) is 0 Å². The molecule has 126 valence electrons. The molecule has 0 spiro atoms. The van der Waals surface area contributed by atoms with E-state index in [9.17, 15) is 4.79 Å². The molecule has 2 aromatic carbocycles. The minimum absolute atomic E-state index is 0.0895. The number of carbonyl (C=O) groups is 1. The first-order valence-corrected chi connectivity index (χ1v) is 8.14. The van der Waals surface area contributed by atoms with Crippen molar-refractivity contribution in [3.63, 3.8) is 0 Å². The highest BCUT2D eigenvalue weighted by Gasteiger charge is 2.24. The third-order valence-electron chi connectivity index (χ3n) is 4.00. The van der Waals surface area contributed by atoms with E-state index in [1.807, 2.05) is 30.3 Å². The quantitative estimate of drug-likeness (QED) is 0.860. The summed E-state index contributed by atoms with van der Waals surface area (Å²) in [5.74, 6) is 0.838. The molecule has 0 aliphatic carbocycles. The first kappa shape index (κ1) is 16.3. The normalized spacial score (nSPS) is 17.5. The van der Waals surface area contributed by atoms with E-state index in [4.69, 9.17) is 9.47 Å². The molecule has 0 saturated carbocycles. The van der Waals surface area contributed by atoms with Crippen molar-refractivity contribution in [3.05, 3.63) is 55.1 Å². The van der Waals surface area contributed by atoms with E-state index in [1.165, 1.54) is 0 Å². The molecule has 2 aromatic rings. The number of nitrogens with zero attached hydrogens (tertiary/aromatic N) is 1. The van der Waals surface area contributed by atoms with Crippen LogP contribution in [0.5, 0.6) is 5.75 Å². The van der Waals surface area contributed by atoms with Gasteiger partial charge in [0, 0.05) is 18.5 Å². The maximum Gasteiger partial charge on any atom is 0.317 e. The molecule has 3 rings (SSSR count). The molecule has 0 radical (unpaired) electrons. The number of rotatable bonds is 5. The number of hydrogen-bond acceptors (Lipinski definition) is 3. The van der Waals surface area contributed by atoms with Crippen LogP contribution in [0.2, 0.25) is 0 Å². The highest BCUT2D eigenvalue weighted by atomic mass is 16.5. The summed E-state index contributed by atoms with van der Waals surface area (Å²) in [6.07, 6.45) is 1.53. The maximum atomic E-state index is 12.0. The fraction of sp³-hybridized carbons (Fsp3) is 0.316. The van der Waals surface area contributed by atoms with E-state index in [-0.39, 0.29) is 12.1 Å². The molecule has 1 aliphatic rings. The molecule has 0 aromatic heterocycles. The van der Waals surface area contributed by atoms with Crippen LogP contribution >= 0.6 is 0 Å². The van der Waals surface area contributed by atoms with Gasteiger partial charge in [0.2, 0.25) is 0 Å². The van der Waals surface area contributed by atoms with Crippen LogP contribution in [-0.4, -0.2) is 49.9 Å². The van der Waals surface area contributed by atoms with Crippen LogP contribution in [0.1, 0.15) is 0 Å². The third-order valence-corrected chi connectivity index (χ3v) is 4.00. The van der Waals surface area contributed by atoms with Crippen LogP contribution in [0.3, 0.4) is 0 Å². The molecule has 1 heterocycles. The van der Waals surface area contributed by atoms with Crippen molar-refractivity contribution in [2.45, 2.75) is 6.10 Å². The minimum atomic E-state index is -0.132. The van der Waals surface area contributed by atoms with Gasteiger partial charge in [-0.15, -0.1) is 6.58 Å². The van der Waals surface area contributed by atoms with E-state index >= 15 is 0 Å². The minimum Gasteiger partial charge on any atom is -0.490 e. The average molecular weight is 326 g/mol. The summed E-state index contributed by atoms with van der Waals surface area (Å²) >= 11 is 0. The van der Waals surface area contributed by atoms with Crippen LogP contribution in [0.4, 0.5) is 4.79 Å². The highest BCUT2D eigenvalue weighted by Crippen LogP contribution is 2.25. The van der Waals surface area contributed by atoms with Gasteiger partial charge < -0.3 is 19.7 Å². The molecule has 1 unspecified atom stereocenters. The predicted octanol–water partition coefficient (Wildman–Crippen LogP) is 2.82. The first-order chi connectivity index (χ1) is 11.8. The largest absolute Gasteiger partial charge is 0.490 e. The van der Waals surface area contributed by atoms with Crippen molar-refractivity contribution in [2.24, 2.45) is 0 Å². The number of benzene rings is 2. The number of morpholine rings is 1. The predicted molar refractivity (Wildman–Crippen MR) is 94.4 cm³/mol. The van der Waals surface area contributed by atoms with E-state index in [1.54, 1.807) is 11.0 Å². The molecule has 1 atom stereocenters. The van der Waals surface area contributed by atoms with Gasteiger partial charge in [0.1, 0.15) is 18.5 Å². The lowest BCUT2D eigenvalue weighted by molar-refractivity contribution is -0.0348. The van der Waals surface area contributed by atoms with Gasteiger partial charge in [0.25, 0.3) is 0 Å². The lowest BCUT2D eigenvalue weighted by Gasteiger charge is -2.32. The zero-order valence-corrected chi connectivity index (χ0v) is 13.6. The second kappa shape index (κ2) is 7.84. The maximum absolute atomic E-state index is 12.0. The molecule has 1 saturated heterocycles. The Bertz CT molecular complexity index is 711. The summed E-state index contributed by atoms with van der Waals surface area (Å²) in [6.45, 7) is 6.12. The van der Waals surface area contributed by atoms with Crippen LogP contribution < -0.4 is 10.1 Å². The van der Waals surface area contributed by atoms with Crippen molar-refractivity contribution >= 4 is 16.8 Å². The second-order valence-electron chi connectivity index (χ2n) is 5.70. The third kappa shape index (κ3) is 3.86. The number of hydrogen-bond donors (Lipinski definition) is 1. The lowest BCUT2D eigenvalue weighted by Crippen LogP contribution is -2.51. The Kier molecular flexibility index (Phi) is 5.33. The Morgan fingerprint density at radius 3 is 3.04 bits per heavy atom. The molecule has 24 heavy (non-hydrogen) atoms. The van der Waals surface area contributed by atoms with Gasteiger partial charge in [0.15, 0.2) is 0 Å². The number of ether oxygens (including phenoxy) is 2. The Morgan fingerprint density at radius 2 is 2.17 bits per heavy atom. The van der Waals surface area contributed by atoms with Gasteiger partial charge in [-0.1, -0.05) is 42.5 Å². The summed E-state index contributed by atoms with van der Waals surface area (Å²) in [4.78, 5) is 13.8. The second-order valence-corrected chi connectivity index (χ2v) is 5.70. The Labute approximate surface area is 141 Å². The molecule has 1 aliphatic heterocycles. The number of urea groups is 1. The smallest absolute Gasteiger partial charge is 0.317 e.